The molecule has 6 heteroatoms. The van der Waals surface area contributed by atoms with E-state index >= 15 is 0 Å². The third-order valence-corrected chi connectivity index (χ3v) is 7.36. The molecule has 0 unspecified atom stereocenters. The molecule has 152 valence electrons. The molecule has 31 heavy (non-hydrogen) atoms. The van der Waals surface area contributed by atoms with Crippen LogP contribution < -0.4 is 4.90 Å². The number of oxime groups is 1. The highest BCUT2D eigenvalue weighted by Crippen LogP contribution is 2.63. The Morgan fingerprint density at radius 2 is 1.45 bits per heavy atom. The number of rotatable bonds is 2. The highest BCUT2D eigenvalue weighted by atomic mass is 35.5. The van der Waals surface area contributed by atoms with Gasteiger partial charge in [-0.15, -0.1) is 5.16 Å². The molecule has 1 saturated heterocycles. The molecule has 0 saturated carbocycles. The highest BCUT2D eigenvalue weighted by Gasteiger charge is 2.68. The van der Waals surface area contributed by atoms with E-state index in [4.69, 9.17) is 11.6 Å². The van der Waals surface area contributed by atoms with Gasteiger partial charge in [0.2, 0.25) is 11.8 Å². The summed E-state index contributed by atoms with van der Waals surface area (Å²) in [7, 11) is 0. The van der Waals surface area contributed by atoms with Crippen molar-refractivity contribution in [3.8, 4) is 0 Å². The lowest BCUT2D eigenvalue weighted by Crippen LogP contribution is -2.54. The standard InChI is InChI=1S/C25H17ClN2O3/c26-18-11-5-6-12-19(18)28-23(29)21-20-14-7-1-3-9-16(14)25(13-27-31,22(21)24(28)30)17-10-4-2-8-15(17)20/h1-13,20-22,31H/b27-13-/t20?,21-,22-,25?/m0/s1. The van der Waals surface area contributed by atoms with Gasteiger partial charge in [0.1, 0.15) is 0 Å². The van der Waals surface area contributed by atoms with Gasteiger partial charge in [0, 0.05) is 5.92 Å². The van der Waals surface area contributed by atoms with Crippen LogP contribution in [0.15, 0.2) is 78.0 Å². The van der Waals surface area contributed by atoms with E-state index in [0.29, 0.717) is 10.7 Å². The van der Waals surface area contributed by atoms with Crippen LogP contribution in [0, 0.1) is 11.8 Å². The van der Waals surface area contributed by atoms with Gasteiger partial charge in [0.25, 0.3) is 0 Å². The molecule has 0 aromatic heterocycles. The van der Waals surface area contributed by atoms with Crippen LogP contribution in [0.25, 0.3) is 0 Å². The molecule has 2 amide bonds. The summed E-state index contributed by atoms with van der Waals surface area (Å²) in [5, 5.41) is 13.5. The lowest BCUT2D eigenvalue weighted by atomic mass is 9.47. The summed E-state index contributed by atoms with van der Waals surface area (Å²) in [6.07, 6.45) is 1.43. The van der Waals surface area contributed by atoms with Crippen LogP contribution in [0.2, 0.25) is 5.02 Å². The van der Waals surface area contributed by atoms with Gasteiger partial charge in [-0.25, -0.2) is 4.90 Å². The topological polar surface area (TPSA) is 70.0 Å². The van der Waals surface area contributed by atoms with Gasteiger partial charge in [-0.05, 0) is 34.4 Å². The maximum Gasteiger partial charge on any atom is 0.239 e. The number of imide groups is 1. The molecule has 1 aliphatic heterocycles. The average Bonchev–Trinajstić information content (AvgIpc) is 3.06. The van der Waals surface area contributed by atoms with E-state index in [1.807, 2.05) is 48.5 Å². The first-order chi connectivity index (χ1) is 15.1. The molecule has 0 radical (unpaired) electrons. The Morgan fingerprint density at radius 3 is 2.06 bits per heavy atom. The maximum atomic E-state index is 13.9. The van der Waals surface area contributed by atoms with Crippen molar-refractivity contribution in [2.45, 2.75) is 11.3 Å². The fourth-order valence-electron chi connectivity index (χ4n) is 6.01. The Labute approximate surface area is 183 Å². The van der Waals surface area contributed by atoms with E-state index in [1.165, 1.54) is 11.1 Å². The molecule has 1 fully saturated rings. The molecular weight excluding hydrogens is 412 g/mol. The smallest absolute Gasteiger partial charge is 0.239 e. The molecule has 3 aromatic carbocycles. The van der Waals surface area contributed by atoms with Crippen molar-refractivity contribution < 1.29 is 14.8 Å². The minimum absolute atomic E-state index is 0.254. The maximum absolute atomic E-state index is 13.9. The third kappa shape index (κ3) is 2.09. The van der Waals surface area contributed by atoms with Gasteiger partial charge in [-0.1, -0.05) is 72.3 Å². The van der Waals surface area contributed by atoms with E-state index in [0.717, 1.165) is 22.3 Å². The van der Waals surface area contributed by atoms with Gasteiger partial charge in [-0.2, -0.15) is 0 Å². The van der Waals surface area contributed by atoms with Gasteiger partial charge < -0.3 is 5.21 Å². The summed E-state index contributed by atoms with van der Waals surface area (Å²) >= 11 is 6.38. The van der Waals surface area contributed by atoms with Crippen molar-refractivity contribution in [1.29, 1.82) is 0 Å². The summed E-state index contributed by atoms with van der Waals surface area (Å²) in [6, 6.07) is 22.5. The summed E-state index contributed by atoms with van der Waals surface area (Å²) in [5.41, 5.74) is 3.13. The van der Waals surface area contributed by atoms with Crippen LogP contribution >= 0.6 is 11.6 Å². The first-order valence-electron chi connectivity index (χ1n) is 10.1. The summed E-state index contributed by atoms with van der Waals surface area (Å²) in [4.78, 5) is 28.9. The van der Waals surface area contributed by atoms with Crippen LogP contribution in [-0.2, 0) is 15.0 Å². The Bertz CT molecular complexity index is 1250. The van der Waals surface area contributed by atoms with E-state index < -0.39 is 17.3 Å². The molecule has 0 spiro atoms. The van der Waals surface area contributed by atoms with Crippen molar-refractivity contribution >= 4 is 35.3 Å². The second kappa shape index (κ2) is 6.28. The van der Waals surface area contributed by atoms with Crippen molar-refractivity contribution in [3.05, 3.63) is 100 Å². The van der Waals surface area contributed by atoms with Crippen molar-refractivity contribution in [2.75, 3.05) is 4.90 Å². The summed E-state index contributed by atoms with van der Waals surface area (Å²) in [5.74, 6) is -2.17. The minimum Gasteiger partial charge on any atom is -0.411 e. The number of para-hydroxylation sites is 1. The van der Waals surface area contributed by atoms with Crippen molar-refractivity contribution in [2.24, 2.45) is 17.0 Å². The summed E-state index contributed by atoms with van der Waals surface area (Å²) in [6.45, 7) is 0. The summed E-state index contributed by atoms with van der Waals surface area (Å²) < 4.78 is 0. The van der Waals surface area contributed by atoms with E-state index in [1.54, 1.807) is 24.3 Å². The fourth-order valence-corrected chi connectivity index (χ4v) is 6.23. The SMILES string of the molecule is O=C1[C@@H]2[C@@H](C(=O)N1c1ccccc1Cl)C1c3ccccc3C2(/C=N\O)c2ccccc21. The molecule has 3 aliphatic carbocycles. The zero-order valence-electron chi connectivity index (χ0n) is 16.3. The molecule has 7 rings (SSSR count). The highest BCUT2D eigenvalue weighted by molar-refractivity contribution is 6.36. The Balaban J connectivity index is 1.68. The molecular formula is C25H17ClN2O3. The number of benzene rings is 3. The lowest BCUT2D eigenvalue weighted by molar-refractivity contribution is -0.122. The number of amides is 2. The predicted molar refractivity (Wildman–Crippen MR) is 117 cm³/mol. The van der Waals surface area contributed by atoms with Gasteiger partial charge in [0.05, 0.1) is 34.2 Å². The zero-order chi connectivity index (χ0) is 21.3. The quantitative estimate of drug-likeness (QED) is 0.285. The first kappa shape index (κ1) is 18.3. The first-order valence-corrected chi connectivity index (χ1v) is 10.5. The van der Waals surface area contributed by atoms with E-state index in [9.17, 15) is 14.8 Å². The Morgan fingerprint density at radius 1 is 0.871 bits per heavy atom. The van der Waals surface area contributed by atoms with Crippen molar-refractivity contribution in [1.82, 2.24) is 0 Å². The van der Waals surface area contributed by atoms with Gasteiger partial charge in [0.15, 0.2) is 0 Å². The minimum atomic E-state index is -1.04. The van der Waals surface area contributed by atoms with Gasteiger partial charge >= 0.3 is 0 Å². The second-order valence-electron chi connectivity index (χ2n) is 8.23. The van der Waals surface area contributed by atoms with Crippen LogP contribution in [0.1, 0.15) is 28.2 Å². The van der Waals surface area contributed by atoms with Crippen LogP contribution in [-0.4, -0.2) is 23.2 Å². The predicted octanol–water partition coefficient (Wildman–Crippen LogP) is 4.35. The Kier molecular flexibility index (Phi) is 3.72. The molecule has 2 bridgehead atoms. The molecule has 2 atom stereocenters. The second-order valence-corrected chi connectivity index (χ2v) is 8.64. The number of halogens is 1. The van der Waals surface area contributed by atoms with Crippen LogP contribution in [0.4, 0.5) is 5.69 Å². The molecule has 3 aromatic rings. The van der Waals surface area contributed by atoms with Crippen molar-refractivity contribution in [3.63, 3.8) is 0 Å². The van der Waals surface area contributed by atoms with Gasteiger partial charge in [-0.3, -0.25) is 9.59 Å². The molecule has 1 heterocycles. The normalized spacial score (nSPS) is 28.0. The number of hydrogen-bond donors (Lipinski definition) is 1. The Hall–Kier alpha value is -3.44. The molecule has 1 N–H and O–H groups in total. The fraction of sp³-hybridized carbons (Fsp3) is 0.160. The average molecular weight is 429 g/mol. The monoisotopic (exact) mass is 428 g/mol. The van der Waals surface area contributed by atoms with E-state index in [2.05, 4.69) is 5.16 Å². The molecule has 4 aliphatic rings. The number of carbonyl (C=O) groups excluding carboxylic acids is 2. The van der Waals surface area contributed by atoms with Crippen LogP contribution in [0.3, 0.4) is 0 Å². The number of hydrogen-bond acceptors (Lipinski definition) is 4. The molecule has 5 nitrogen and oxygen atoms in total. The zero-order valence-corrected chi connectivity index (χ0v) is 17.0. The number of carbonyl (C=O) groups is 2. The lowest BCUT2D eigenvalue weighted by Gasteiger charge is -2.52. The number of nitrogens with zero attached hydrogens (tertiary/aromatic N) is 2. The van der Waals surface area contributed by atoms with E-state index in [-0.39, 0.29) is 17.7 Å². The van der Waals surface area contributed by atoms with Crippen LogP contribution in [0.5, 0.6) is 0 Å². The largest absolute Gasteiger partial charge is 0.411 e. The number of anilines is 1. The third-order valence-electron chi connectivity index (χ3n) is 7.04.